The van der Waals surface area contributed by atoms with Gasteiger partial charge in [-0.05, 0) is 19.1 Å². The molecule has 0 amide bonds. The summed E-state index contributed by atoms with van der Waals surface area (Å²) >= 11 is 6.02. The van der Waals surface area contributed by atoms with E-state index in [1.807, 2.05) is 31.2 Å². The summed E-state index contributed by atoms with van der Waals surface area (Å²) in [5.74, 6) is 0.476. The van der Waals surface area contributed by atoms with Gasteiger partial charge in [-0.25, -0.2) is 4.98 Å². The molecule has 1 heterocycles. The minimum absolute atomic E-state index is 0.0333. The second-order valence-electron chi connectivity index (χ2n) is 3.35. The first-order valence-corrected chi connectivity index (χ1v) is 5.16. The fourth-order valence-corrected chi connectivity index (χ4v) is 1.68. The van der Waals surface area contributed by atoms with Gasteiger partial charge in [-0.1, -0.05) is 23.7 Å². The number of fused-ring (bicyclic) bond motifs is 1. The van der Waals surface area contributed by atoms with E-state index in [4.69, 9.17) is 21.6 Å². The normalized spacial score (nSPS) is 10.1. The molecule has 4 heteroatoms. The zero-order valence-electron chi connectivity index (χ0n) is 8.70. The molecule has 0 bridgehead atoms. The van der Waals surface area contributed by atoms with Crippen molar-refractivity contribution in [1.82, 2.24) is 4.98 Å². The minimum Gasteiger partial charge on any atom is -0.475 e. The van der Waals surface area contributed by atoms with Gasteiger partial charge < -0.3 is 4.74 Å². The molecule has 0 unspecified atom stereocenters. The molecule has 0 aliphatic rings. The van der Waals surface area contributed by atoms with Gasteiger partial charge in [0.2, 0.25) is 0 Å². The quantitative estimate of drug-likeness (QED) is 0.799. The molecule has 2 rings (SSSR count). The average Bonchev–Trinajstić information content (AvgIpc) is 2.28. The molecule has 0 spiro atoms. The lowest BCUT2D eigenvalue weighted by Gasteiger charge is -2.08. The van der Waals surface area contributed by atoms with Crippen LogP contribution < -0.4 is 4.74 Å². The number of ether oxygens (including phenoxy) is 1. The lowest BCUT2D eigenvalue weighted by atomic mass is 10.2. The van der Waals surface area contributed by atoms with Crippen molar-refractivity contribution < 1.29 is 4.74 Å². The van der Waals surface area contributed by atoms with E-state index < -0.39 is 0 Å². The molecule has 0 saturated heterocycles. The summed E-state index contributed by atoms with van der Waals surface area (Å²) in [5, 5.41) is 9.93. The van der Waals surface area contributed by atoms with E-state index >= 15 is 0 Å². The Balaban J connectivity index is 2.63. The van der Waals surface area contributed by atoms with Crippen LogP contribution in [-0.2, 0) is 0 Å². The number of nitriles is 1. The maximum absolute atomic E-state index is 8.51. The molecule has 0 saturated carbocycles. The fourth-order valence-electron chi connectivity index (χ4n) is 1.48. The lowest BCUT2D eigenvalue weighted by molar-refractivity contribution is 0.372. The second kappa shape index (κ2) is 4.38. The van der Waals surface area contributed by atoms with Crippen LogP contribution in [0, 0.1) is 18.3 Å². The molecule has 0 atom stereocenters. The van der Waals surface area contributed by atoms with Crippen LogP contribution in [0.4, 0.5) is 0 Å². The van der Waals surface area contributed by atoms with Gasteiger partial charge in [0.15, 0.2) is 12.4 Å². The SMILES string of the molecule is Cc1ccc2ccc(Cl)c(OCC#N)c2n1. The molecule has 1 aromatic heterocycles. The smallest absolute Gasteiger partial charge is 0.174 e. The van der Waals surface area contributed by atoms with E-state index in [0.717, 1.165) is 11.1 Å². The molecule has 0 radical (unpaired) electrons. The van der Waals surface area contributed by atoms with E-state index in [2.05, 4.69) is 4.98 Å². The van der Waals surface area contributed by atoms with Crippen LogP contribution in [0.2, 0.25) is 5.02 Å². The number of nitrogens with zero attached hydrogens (tertiary/aromatic N) is 2. The summed E-state index contributed by atoms with van der Waals surface area (Å²) in [7, 11) is 0. The number of benzene rings is 1. The van der Waals surface area contributed by atoms with Crippen molar-refractivity contribution in [3.8, 4) is 11.8 Å². The summed E-state index contributed by atoms with van der Waals surface area (Å²) < 4.78 is 5.30. The monoisotopic (exact) mass is 232 g/mol. The van der Waals surface area contributed by atoms with Crippen molar-refractivity contribution in [2.75, 3.05) is 6.61 Å². The van der Waals surface area contributed by atoms with Gasteiger partial charge >= 0.3 is 0 Å². The third-order valence-corrected chi connectivity index (χ3v) is 2.49. The average molecular weight is 233 g/mol. The van der Waals surface area contributed by atoms with E-state index in [-0.39, 0.29) is 6.61 Å². The third kappa shape index (κ3) is 1.93. The molecule has 80 valence electrons. The highest BCUT2D eigenvalue weighted by Crippen LogP contribution is 2.32. The van der Waals surface area contributed by atoms with E-state index in [1.54, 1.807) is 6.07 Å². The number of pyridine rings is 1. The number of aromatic nitrogens is 1. The maximum atomic E-state index is 8.51. The highest BCUT2D eigenvalue weighted by molar-refractivity contribution is 6.33. The number of rotatable bonds is 2. The number of aryl methyl sites for hydroxylation is 1. The van der Waals surface area contributed by atoms with Crippen molar-refractivity contribution in [2.24, 2.45) is 0 Å². The molecule has 1 aromatic carbocycles. The van der Waals surface area contributed by atoms with Gasteiger partial charge in [0.05, 0.1) is 5.02 Å². The number of hydrogen-bond donors (Lipinski definition) is 0. The predicted octanol–water partition coefficient (Wildman–Crippen LogP) is 3.10. The zero-order valence-corrected chi connectivity index (χ0v) is 9.45. The Labute approximate surface area is 98.2 Å². The van der Waals surface area contributed by atoms with Gasteiger partial charge in [-0.2, -0.15) is 5.26 Å². The predicted molar refractivity (Wildman–Crippen MR) is 62.6 cm³/mol. The molecular formula is C12H9ClN2O. The number of halogens is 1. The summed E-state index contributed by atoms with van der Waals surface area (Å²) in [6, 6.07) is 9.41. The Bertz CT molecular complexity index is 570. The van der Waals surface area contributed by atoms with Crippen LogP contribution in [0.5, 0.6) is 5.75 Å². The Hall–Kier alpha value is -1.79. The van der Waals surface area contributed by atoms with Gasteiger partial charge in [0, 0.05) is 11.1 Å². The van der Waals surface area contributed by atoms with E-state index in [9.17, 15) is 0 Å². The first-order valence-electron chi connectivity index (χ1n) is 4.78. The van der Waals surface area contributed by atoms with Gasteiger partial charge in [-0.15, -0.1) is 0 Å². The summed E-state index contributed by atoms with van der Waals surface area (Å²) in [4.78, 5) is 4.37. The standard InChI is InChI=1S/C12H9ClN2O/c1-8-2-3-9-4-5-10(13)12(11(9)15-8)16-7-6-14/h2-5H,7H2,1H3. The molecular weight excluding hydrogens is 224 g/mol. The maximum Gasteiger partial charge on any atom is 0.174 e. The summed E-state index contributed by atoms with van der Waals surface area (Å²) in [6.07, 6.45) is 0. The second-order valence-corrected chi connectivity index (χ2v) is 3.75. The van der Waals surface area contributed by atoms with Crippen LogP contribution in [0.1, 0.15) is 5.69 Å². The first kappa shape index (κ1) is 10.7. The Morgan fingerprint density at radius 3 is 2.88 bits per heavy atom. The minimum atomic E-state index is -0.0333. The number of hydrogen-bond acceptors (Lipinski definition) is 3. The summed E-state index contributed by atoms with van der Waals surface area (Å²) in [6.45, 7) is 1.86. The van der Waals surface area contributed by atoms with Crippen molar-refractivity contribution in [2.45, 2.75) is 6.92 Å². The van der Waals surface area contributed by atoms with Crippen LogP contribution in [0.3, 0.4) is 0 Å². The van der Waals surface area contributed by atoms with Crippen LogP contribution in [0.25, 0.3) is 10.9 Å². The first-order chi connectivity index (χ1) is 7.72. The van der Waals surface area contributed by atoms with Gasteiger partial charge in [0.1, 0.15) is 11.6 Å². The van der Waals surface area contributed by atoms with E-state index in [1.165, 1.54) is 0 Å². The Morgan fingerprint density at radius 2 is 2.12 bits per heavy atom. The van der Waals surface area contributed by atoms with Gasteiger partial charge in [-0.3, -0.25) is 0 Å². The van der Waals surface area contributed by atoms with Crippen molar-refractivity contribution in [3.63, 3.8) is 0 Å². The van der Waals surface area contributed by atoms with E-state index in [0.29, 0.717) is 16.3 Å². The molecule has 16 heavy (non-hydrogen) atoms. The van der Waals surface area contributed by atoms with Crippen molar-refractivity contribution >= 4 is 22.5 Å². The fraction of sp³-hybridized carbons (Fsp3) is 0.167. The van der Waals surface area contributed by atoms with Crippen LogP contribution >= 0.6 is 11.6 Å². The summed E-state index contributed by atoms with van der Waals surface area (Å²) in [5.41, 5.74) is 1.58. The highest BCUT2D eigenvalue weighted by atomic mass is 35.5. The van der Waals surface area contributed by atoms with Crippen LogP contribution in [0.15, 0.2) is 24.3 Å². The Morgan fingerprint density at radius 1 is 1.38 bits per heavy atom. The highest BCUT2D eigenvalue weighted by Gasteiger charge is 2.08. The molecule has 0 fully saturated rings. The molecule has 0 aliphatic heterocycles. The Kier molecular flexibility index (Phi) is 2.93. The molecule has 3 nitrogen and oxygen atoms in total. The van der Waals surface area contributed by atoms with Crippen molar-refractivity contribution in [1.29, 1.82) is 5.26 Å². The molecule has 0 N–H and O–H groups in total. The third-order valence-electron chi connectivity index (χ3n) is 2.19. The lowest BCUT2D eigenvalue weighted by Crippen LogP contribution is -1.96. The van der Waals surface area contributed by atoms with Crippen LogP contribution in [-0.4, -0.2) is 11.6 Å². The largest absolute Gasteiger partial charge is 0.475 e. The van der Waals surface area contributed by atoms with Gasteiger partial charge in [0.25, 0.3) is 0 Å². The van der Waals surface area contributed by atoms with Crippen molar-refractivity contribution in [3.05, 3.63) is 35.0 Å². The topological polar surface area (TPSA) is 45.9 Å². The molecule has 2 aromatic rings. The zero-order chi connectivity index (χ0) is 11.5. The molecule has 0 aliphatic carbocycles.